The van der Waals surface area contributed by atoms with Crippen LogP contribution in [0.15, 0.2) is 67.5 Å². The molecule has 0 radical (unpaired) electrons. The van der Waals surface area contributed by atoms with Gasteiger partial charge < -0.3 is 4.74 Å². The van der Waals surface area contributed by atoms with E-state index in [0.29, 0.717) is 5.56 Å². The minimum Gasteiger partial charge on any atom is -0.459 e. The van der Waals surface area contributed by atoms with Crippen molar-refractivity contribution in [2.24, 2.45) is 0 Å². The Kier molecular flexibility index (Phi) is 12.2. The van der Waals surface area contributed by atoms with Gasteiger partial charge in [-0.15, -0.1) is 0 Å². The van der Waals surface area contributed by atoms with Gasteiger partial charge >= 0.3 is 5.97 Å². The van der Waals surface area contributed by atoms with E-state index in [4.69, 9.17) is 4.74 Å². The summed E-state index contributed by atoms with van der Waals surface area (Å²) in [5.41, 5.74) is 5.48. The molecule has 202 valence electrons. The number of esters is 1. The average molecular weight is 513 g/mol. The number of aryl methyl sites for hydroxylation is 1. The van der Waals surface area contributed by atoms with Gasteiger partial charge in [-0.1, -0.05) is 102 Å². The van der Waals surface area contributed by atoms with Crippen LogP contribution in [0.2, 0.25) is 0 Å². The van der Waals surface area contributed by atoms with Crippen molar-refractivity contribution in [3.8, 4) is 11.4 Å². The molecule has 0 aliphatic rings. The van der Waals surface area contributed by atoms with Crippen LogP contribution in [-0.2, 0) is 11.2 Å². The Labute approximate surface area is 229 Å². The van der Waals surface area contributed by atoms with E-state index >= 15 is 0 Å². The van der Waals surface area contributed by atoms with Crippen LogP contribution in [0.5, 0.6) is 0 Å². The van der Waals surface area contributed by atoms with Gasteiger partial charge in [0, 0.05) is 18.0 Å². The molecular formula is C34H44N2O2. The zero-order chi connectivity index (χ0) is 27.2. The highest BCUT2D eigenvalue weighted by atomic mass is 16.5. The second-order valence-electron chi connectivity index (χ2n) is 10.3. The van der Waals surface area contributed by atoms with Gasteiger partial charge in [-0.05, 0) is 67.0 Å². The Morgan fingerprint density at radius 2 is 1.45 bits per heavy atom. The predicted molar refractivity (Wildman–Crippen MR) is 158 cm³/mol. The van der Waals surface area contributed by atoms with Crippen LogP contribution < -0.4 is 0 Å². The standard InChI is InChI=1S/C34H44N2O2/c1-5-7-9-11-13-16-28-24-35-33(36-25-28)30-21-19-29(20-22-30)27(4)31-17-14-18-32(23-31)34(37)38-26(3)15-12-10-8-6-2/h14,17-26H,4-13,15-16H2,1-3H3. The summed E-state index contributed by atoms with van der Waals surface area (Å²) >= 11 is 0. The Hall–Kier alpha value is -3.27. The van der Waals surface area contributed by atoms with Crippen molar-refractivity contribution in [3.63, 3.8) is 0 Å². The number of carbonyl (C=O) groups is 1. The molecule has 1 unspecified atom stereocenters. The van der Waals surface area contributed by atoms with E-state index in [1.165, 1.54) is 56.9 Å². The number of carbonyl (C=O) groups excluding carboxylic acids is 1. The summed E-state index contributed by atoms with van der Waals surface area (Å²) in [4.78, 5) is 21.9. The fraction of sp³-hybridized carbons (Fsp3) is 0.441. The molecule has 0 bridgehead atoms. The summed E-state index contributed by atoms with van der Waals surface area (Å²) in [6.07, 6.45) is 16.8. The topological polar surface area (TPSA) is 52.1 Å². The third-order valence-corrected chi connectivity index (χ3v) is 6.99. The van der Waals surface area contributed by atoms with Crippen molar-refractivity contribution in [1.29, 1.82) is 0 Å². The summed E-state index contributed by atoms with van der Waals surface area (Å²) in [5, 5.41) is 0. The van der Waals surface area contributed by atoms with E-state index in [0.717, 1.165) is 47.4 Å². The first-order chi connectivity index (χ1) is 18.5. The van der Waals surface area contributed by atoms with Crippen LogP contribution in [0.3, 0.4) is 0 Å². The van der Waals surface area contributed by atoms with Gasteiger partial charge in [0.25, 0.3) is 0 Å². The maximum Gasteiger partial charge on any atom is 0.338 e. The van der Waals surface area contributed by atoms with Gasteiger partial charge in [0.1, 0.15) is 0 Å². The minimum atomic E-state index is -0.278. The van der Waals surface area contributed by atoms with Crippen molar-refractivity contribution in [1.82, 2.24) is 9.97 Å². The molecule has 1 heterocycles. The third kappa shape index (κ3) is 9.24. The monoisotopic (exact) mass is 512 g/mol. The summed E-state index contributed by atoms with van der Waals surface area (Å²) in [7, 11) is 0. The van der Waals surface area contributed by atoms with E-state index < -0.39 is 0 Å². The molecule has 2 aromatic carbocycles. The number of aromatic nitrogens is 2. The fourth-order valence-corrected chi connectivity index (χ4v) is 4.55. The van der Waals surface area contributed by atoms with Gasteiger partial charge in [-0.25, -0.2) is 14.8 Å². The molecule has 3 aromatic rings. The van der Waals surface area contributed by atoms with Crippen LogP contribution in [0.1, 0.15) is 112 Å². The molecule has 0 aliphatic carbocycles. The quantitative estimate of drug-likeness (QED) is 0.142. The SMILES string of the molecule is C=C(c1ccc(-c2ncc(CCCCCCC)cn2)cc1)c1cccc(C(=O)OC(C)CCCCCC)c1. The molecule has 4 nitrogen and oxygen atoms in total. The van der Waals surface area contributed by atoms with E-state index in [1.807, 2.05) is 61.8 Å². The normalized spacial score (nSPS) is 11.8. The summed E-state index contributed by atoms with van der Waals surface area (Å²) in [6.45, 7) is 10.7. The Bertz CT molecular complexity index is 1140. The number of hydrogen-bond acceptors (Lipinski definition) is 4. The van der Waals surface area contributed by atoms with Crippen molar-refractivity contribution < 1.29 is 9.53 Å². The van der Waals surface area contributed by atoms with E-state index in [1.54, 1.807) is 6.07 Å². The highest BCUT2D eigenvalue weighted by molar-refractivity contribution is 5.91. The van der Waals surface area contributed by atoms with Crippen molar-refractivity contribution in [2.75, 3.05) is 0 Å². The van der Waals surface area contributed by atoms with E-state index in [-0.39, 0.29) is 12.1 Å². The van der Waals surface area contributed by atoms with Crippen LogP contribution in [0.4, 0.5) is 0 Å². The number of benzene rings is 2. The van der Waals surface area contributed by atoms with Crippen molar-refractivity contribution in [3.05, 3.63) is 89.8 Å². The Morgan fingerprint density at radius 3 is 2.13 bits per heavy atom. The molecule has 0 saturated carbocycles. The van der Waals surface area contributed by atoms with Gasteiger partial charge in [-0.3, -0.25) is 0 Å². The second-order valence-corrected chi connectivity index (χ2v) is 10.3. The van der Waals surface area contributed by atoms with Gasteiger partial charge in [-0.2, -0.15) is 0 Å². The molecule has 0 spiro atoms. The number of hydrogen-bond donors (Lipinski definition) is 0. The van der Waals surface area contributed by atoms with E-state index in [9.17, 15) is 4.79 Å². The van der Waals surface area contributed by atoms with Gasteiger partial charge in [0.15, 0.2) is 5.82 Å². The number of ether oxygens (including phenoxy) is 1. The molecular weight excluding hydrogens is 468 g/mol. The fourth-order valence-electron chi connectivity index (χ4n) is 4.55. The zero-order valence-corrected chi connectivity index (χ0v) is 23.5. The van der Waals surface area contributed by atoms with Gasteiger partial charge in [0.2, 0.25) is 0 Å². The molecule has 0 N–H and O–H groups in total. The lowest BCUT2D eigenvalue weighted by Gasteiger charge is -2.14. The van der Waals surface area contributed by atoms with Crippen LogP contribution >= 0.6 is 0 Å². The van der Waals surface area contributed by atoms with Crippen LogP contribution in [0.25, 0.3) is 17.0 Å². The lowest BCUT2D eigenvalue weighted by atomic mass is 9.97. The summed E-state index contributed by atoms with van der Waals surface area (Å²) in [6, 6.07) is 15.7. The highest BCUT2D eigenvalue weighted by Crippen LogP contribution is 2.25. The molecule has 0 fully saturated rings. The number of unbranched alkanes of at least 4 members (excludes halogenated alkanes) is 7. The number of nitrogens with zero attached hydrogens (tertiary/aromatic N) is 2. The first-order valence-electron chi connectivity index (χ1n) is 14.4. The maximum absolute atomic E-state index is 12.7. The summed E-state index contributed by atoms with van der Waals surface area (Å²) in [5.74, 6) is 0.449. The molecule has 1 atom stereocenters. The van der Waals surface area contributed by atoms with Crippen LogP contribution in [0, 0.1) is 0 Å². The minimum absolute atomic E-state index is 0.0826. The summed E-state index contributed by atoms with van der Waals surface area (Å²) < 4.78 is 5.68. The first kappa shape index (κ1) is 29.3. The Balaban J connectivity index is 1.57. The molecule has 0 amide bonds. The smallest absolute Gasteiger partial charge is 0.338 e. The first-order valence-corrected chi connectivity index (χ1v) is 14.4. The maximum atomic E-state index is 12.7. The second kappa shape index (κ2) is 15.9. The molecule has 0 saturated heterocycles. The largest absolute Gasteiger partial charge is 0.459 e. The van der Waals surface area contributed by atoms with Gasteiger partial charge in [0.05, 0.1) is 11.7 Å². The Morgan fingerprint density at radius 1 is 0.816 bits per heavy atom. The van der Waals surface area contributed by atoms with Crippen LogP contribution in [-0.4, -0.2) is 22.0 Å². The van der Waals surface area contributed by atoms with Crippen molar-refractivity contribution >= 4 is 11.5 Å². The number of rotatable bonds is 16. The molecule has 0 aliphatic heterocycles. The van der Waals surface area contributed by atoms with E-state index in [2.05, 4.69) is 30.4 Å². The molecule has 1 aromatic heterocycles. The molecule has 3 rings (SSSR count). The lowest BCUT2D eigenvalue weighted by molar-refractivity contribution is 0.0319. The zero-order valence-electron chi connectivity index (χ0n) is 23.5. The average Bonchev–Trinajstić information content (AvgIpc) is 2.95. The molecule has 38 heavy (non-hydrogen) atoms. The van der Waals surface area contributed by atoms with Crippen molar-refractivity contribution in [2.45, 2.75) is 97.5 Å². The third-order valence-electron chi connectivity index (χ3n) is 6.99. The highest BCUT2D eigenvalue weighted by Gasteiger charge is 2.14. The molecule has 4 heteroatoms. The lowest BCUT2D eigenvalue weighted by Crippen LogP contribution is -2.15. The predicted octanol–water partition coefficient (Wildman–Crippen LogP) is 9.23.